The van der Waals surface area contributed by atoms with Gasteiger partial charge >= 0.3 is 5.69 Å². The average Bonchev–Trinajstić information content (AvgIpc) is 2.73. The summed E-state index contributed by atoms with van der Waals surface area (Å²) in [5, 5.41) is 8.84. The Morgan fingerprint density at radius 1 is 1.40 bits per heavy atom. The number of allylic oxidation sites excluding steroid dienone is 1. The molecule has 0 spiro atoms. The number of aromatic nitrogens is 4. The molecule has 0 fully saturated rings. The number of imidazole rings is 1. The lowest BCUT2D eigenvalue weighted by molar-refractivity contribution is 0.606. The number of nitrogens with two attached hydrogens (primary N) is 1. The second-order valence-corrected chi connectivity index (χ2v) is 4.23. The number of hydrogen-bond donors (Lipinski definition) is 1. The third-order valence-electron chi connectivity index (χ3n) is 2.79. The van der Waals surface area contributed by atoms with Crippen LogP contribution >= 0.6 is 11.6 Å². The van der Waals surface area contributed by atoms with Crippen LogP contribution < -0.4 is 17.0 Å². The van der Waals surface area contributed by atoms with Gasteiger partial charge in [0.15, 0.2) is 11.2 Å². The van der Waals surface area contributed by atoms with Crippen molar-refractivity contribution in [2.24, 2.45) is 5.73 Å². The van der Waals surface area contributed by atoms with E-state index < -0.39 is 11.2 Å². The van der Waals surface area contributed by atoms with Crippen molar-refractivity contribution in [1.82, 2.24) is 18.7 Å². The van der Waals surface area contributed by atoms with Crippen molar-refractivity contribution in [3.05, 3.63) is 38.8 Å². The molecular formula is C11H11ClN6O2. The van der Waals surface area contributed by atoms with Crippen LogP contribution in [0.4, 0.5) is 0 Å². The van der Waals surface area contributed by atoms with Gasteiger partial charge in [-0.3, -0.25) is 9.36 Å². The van der Waals surface area contributed by atoms with Gasteiger partial charge in [0.1, 0.15) is 6.54 Å². The van der Waals surface area contributed by atoms with Crippen LogP contribution in [0.5, 0.6) is 0 Å². The molecule has 2 aromatic heterocycles. The number of nitriles is 1. The Morgan fingerprint density at radius 2 is 2.10 bits per heavy atom. The number of nitrogens with zero attached hydrogens (tertiary/aromatic N) is 5. The third-order valence-corrected chi connectivity index (χ3v) is 3.08. The van der Waals surface area contributed by atoms with Crippen LogP contribution in [0.3, 0.4) is 0 Å². The molecule has 0 amide bonds. The maximum atomic E-state index is 12.3. The summed E-state index contributed by atoms with van der Waals surface area (Å²) in [4.78, 5) is 28.3. The predicted octanol–water partition coefficient (Wildman–Crippen LogP) is -0.361. The topological polar surface area (TPSA) is 112 Å². The first kappa shape index (κ1) is 14.0. The van der Waals surface area contributed by atoms with Crippen LogP contribution in [-0.2, 0) is 19.8 Å². The molecule has 0 radical (unpaired) electrons. The molecule has 2 aromatic rings. The second kappa shape index (κ2) is 5.32. The van der Waals surface area contributed by atoms with Crippen molar-refractivity contribution in [2.45, 2.75) is 19.8 Å². The van der Waals surface area contributed by atoms with Crippen LogP contribution in [0.2, 0.25) is 5.28 Å². The van der Waals surface area contributed by atoms with Crippen molar-refractivity contribution in [3.63, 3.8) is 0 Å². The smallest absolute Gasteiger partial charge is 0.313 e. The molecule has 104 valence electrons. The Hall–Kier alpha value is -2.37. The van der Waals surface area contributed by atoms with Crippen LogP contribution in [0.1, 0.15) is 0 Å². The first-order chi connectivity index (χ1) is 9.56. The lowest BCUT2D eigenvalue weighted by atomic mass is 10.4. The molecule has 0 aliphatic carbocycles. The first-order valence-corrected chi connectivity index (χ1v) is 6.01. The minimum Gasteiger partial charge on any atom is -0.313 e. The number of hydrogen-bond acceptors (Lipinski definition) is 5. The Labute approximate surface area is 117 Å². The van der Waals surface area contributed by atoms with Crippen molar-refractivity contribution in [3.8, 4) is 6.07 Å². The quantitative estimate of drug-likeness (QED) is 0.611. The molecule has 2 N–H and O–H groups in total. The van der Waals surface area contributed by atoms with Crippen LogP contribution in [0, 0.1) is 11.3 Å². The Kier molecular flexibility index (Phi) is 3.74. The lowest BCUT2D eigenvalue weighted by Gasteiger charge is -2.08. The summed E-state index contributed by atoms with van der Waals surface area (Å²) in [6, 6.07) is 1.84. The number of fused-ring (bicyclic) bond motifs is 1. The van der Waals surface area contributed by atoms with E-state index in [2.05, 4.69) is 11.6 Å². The van der Waals surface area contributed by atoms with E-state index >= 15 is 0 Å². The number of halogens is 1. The van der Waals surface area contributed by atoms with Gasteiger partial charge in [-0.1, -0.05) is 6.08 Å². The van der Waals surface area contributed by atoms with E-state index in [0.29, 0.717) is 0 Å². The molecule has 0 saturated carbocycles. The van der Waals surface area contributed by atoms with Gasteiger partial charge in [-0.25, -0.2) is 9.36 Å². The molecule has 8 nitrogen and oxygen atoms in total. The van der Waals surface area contributed by atoms with E-state index in [4.69, 9.17) is 22.6 Å². The molecule has 0 saturated heterocycles. The molecule has 0 aliphatic heterocycles. The van der Waals surface area contributed by atoms with Crippen LogP contribution in [0.25, 0.3) is 11.2 Å². The van der Waals surface area contributed by atoms with E-state index in [9.17, 15) is 9.59 Å². The van der Waals surface area contributed by atoms with E-state index in [1.165, 1.54) is 4.57 Å². The van der Waals surface area contributed by atoms with Gasteiger partial charge in [-0.2, -0.15) is 10.2 Å². The van der Waals surface area contributed by atoms with E-state index in [-0.39, 0.29) is 36.2 Å². The van der Waals surface area contributed by atoms with E-state index in [0.717, 1.165) is 9.13 Å². The summed E-state index contributed by atoms with van der Waals surface area (Å²) in [5.74, 6) is 0. The largest absolute Gasteiger partial charge is 0.334 e. The van der Waals surface area contributed by atoms with Crippen molar-refractivity contribution < 1.29 is 0 Å². The van der Waals surface area contributed by atoms with Gasteiger partial charge in [-0.15, -0.1) is 6.58 Å². The van der Waals surface area contributed by atoms with Crippen LogP contribution in [0.15, 0.2) is 22.2 Å². The normalized spacial score (nSPS) is 10.7. The van der Waals surface area contributed by atoms with Crippen molar-refractivity contribution >= 4 is 22.8 Å². The highest BCUT2D eigenvalue weighted by atomic mass is 35.5. The Bertz CT molecular complexity index is 838. The fourth-order valence-corrected chi connectivity index (χ4v) is 2.17. The molecule has 0 aliphatic rings. The molecule has 0 unspecified atom stereocenters. The zero-order valence-electron chi connectivity index (χ0n) is 10.4. The monoisotopic (exact) mass is 294 g/mol. The highest BCUT2D eigenvalue weighted by Gasteiger charge is 2.19. The minimum absolute atomic E-state index is 0.0397. The van der Waals surface area contributed by atoms with Gasteiger partial charge in [0, 0.05) is 6.54 Å². The summed E-state index contributed by atoms with van der Waals surface area (Å²) < 4.78 is 3.30. The summed E-state index contributed by atoms with van der Waals surface area (Å²) in [7, 11) is 0. The highest BCUT2D eigenvalue weighted by Crippen LogP contribution is 2.15. The van der Waals surface area contributed by atoms with Crippen LogP contribution in [-0.4, -0.2) is 18.7 Å². The Balaban J connectivity index is 3.03. The van der Waals surface area contributed by atoms with E-state index in [1.54, 1.807) is 6.08 Å². The summed E-state index contributed by atoms with van der Waals surface area (Å²) in [6.45, 7) is 3.27. The standard InChI is InChI=1S/C11H11ClN6O2/c1-2-4-16-7-8(15-10(16)12)17(5-3-13)11(20)18(6-14)9(7)19/h2H,1,4-6,14H2. The van der Waals surface area contributed by atoms with Gasteiger partial charge in [0.05, 0.1) is 12.7 Å². The summed E-state index contributed by atoms with van der Waals surface area (Å²) in [5.41, 5.74) is 4.33. The summed E-state index contributed by atoms with van der Waals surface area (Å²) >= 11 is 5.96. The third kappa shape index (κ3) is 1.93. The van der Waals surface area contributed by atoms with Crippen molar-refractivity contribution in [2.75, 3.05) is 0 Å². The molecule has 2 rings (SSSR count). The van der Waals surface area contributed by atoms with E-state index in [1.807, 2.05) is 6.07 Å². The molecule has 20 heavy (non-hydrogen) atoms. The SMILES string of the molecule is C=CCn1c(Cl)nc2c1c(=O)n(CN)c(=O)n2CC#N. The highest BCUT2D eigenvalue weighted by molar-refractivity contribution is 6.29. The zero-order chi connectivity index (χ0) is 14.9. The van der Waals surface area contributed by atoms with Crippen molar-refractivity contribution in [1.29, 1.82) is 5.26 Å². The van der Waals surface area contributed by atoms with Gasteiger partial charge < -0.3 is 10.3 Å². The molecular weight excluding hydrogens is 284 g/mol. The molecule has 0 bridgehead atoms. The minimum atomic E-state index is -0.688. The lowest BCUT2D eigenvalue weighted by Crippen LogP contribution is -2.42. The molecule has 0 atom stereocenters. The van der Waals surface area contributed by atoms with Gasteiger partial charge in [0.25, 0.3) is 5.56 Å². The fourth-order valence-electron chi connectivity index (χ4n) is 1.93. The molecule has 2 heterocycles. The number of rotatable bonds is 4. The average molecular weight is 295 g/mol. The molecule has 0 aromatic carbocycles. The maximum absolute atomic E-state index is 12.3. The second-order valence-electron chi connectivity index (χ2n) is 3.89. The van der Waals surface area contributed by atoms with Gasteiger partial charge in [-0.05, 0) is 11.6 Å². The molecule has 9 heteroatoms. The zero-order valence-corrected chi connectivity index (χ0v) is 11.2. The maximum Gasteiger partial charge on any atom is 0.334 e. The fraction of sp³-hybridized carbons (Fsp3) is 0.273. The summed E-state index contributed by atoms with van der Waals surface area (Å²) in [6.07, 6.45) is 1.54. The Morgan fingerprint density at radius 3 is 2.65 bits per heavy atom. The predicted molar refractivity (Wildman–Crippen MR) is 73.3 cm³/mol. The van der Waals surface area contributed by atoms with Gasteiger partial charge in [0.2, 0.25) is 5.28 Å². The first-order valence-electron chi connectivity index (χ1n) is 5.64.